The van der Waals surface area contributed by atoms with Gasteiger partial charge in [0.15, 0.2) is 0 Å². The van der Waals surface area contributed by atoms with Gasteiger partial charge in [0.25, 0.3) is 0 Å². The summed E-state index contributed by atoms with van der Waals surface area (Å²) < 4.78 is 17.3. The summed E-state index contributed by atoms with van der Waals surface area (Å²) in [6, 6.07) is 0.940. The zero-order valence-corrected chi connectivity index (χ0v) is 13.1. The average Bonchev–Trinajstić information content (AvgIpc) is 2.35. The zero-order chi connectivity index (χ0) is 13.9. The predicted molar refractivity (Wildman–Crippen MR) is 87.7 cm³/mol. The summed E-state index contributed by atoms with van der Waals surface area (Å²) in [5, 5.41) is 0. The lowest BCUT2D eigenvalue weighted by atomic mass is 10.1. The van der Waals surface area contributed by atoms with E-state index in [1.807, 2.05) is 20.8 Å². The molecule has 0 fully saturated rings. The van der Waals surface area contributed by atoms with E-state index in [1.165, 1.54) is 0 Å². The van der Waals surface area contributed by atoms with E-state index < -0.39 is 8.80 Å². The minimum Gasteiger partial charge on any atom is -0.374 e. The van der Waals surface area contributed by atoms with Gasteiger partial charge in [-0.3, -0.25) is 0 Å². The molecule has 118 valence electrons. The van der Waals surface area contributed by atoms with E-state index in [4.69, 9.17) is 24.7 Å². The first-order chi connectivity index (χ1) is 8.64. The molecule has 0 amide bonds. The standard InChI is InChI=1S/C12H30N2O3Si.H4Si/c1-4-15-18(16-5-2,17-6-3)11-9-12(14)8-7-10-13;/h12H,4-11,13-14H2,1-3H3;1H4. The van der Waals surface area contributed by atoms with Crippen molar-refractivity contribution in [3.63, 3.8) is 0 Å². The Bertz CT molecular complexity index is 183. The first-order valence-electron chi connectivity index (χ1n) is 7.01. The highest BCUT2D eigenvalue weighted by Crippen LogP contribution is 2.19. The molecule has 0 aromatic rings. The molecular formula is C12H34N2O3Si2. The molecule has 19 heavy (non-hydrogen) atoms. The molecular weight excluding hydrogens is 276 g/mol. The van der Waals surface area contributed by atoms with E-state index >= 15 is 0 Å². The fraction of sp³-hybridized carbons (Fsp3) is 1.00. The number of rotatable bonds is 12. The van der Waals surface area contributed by atoms with Crippen molar-refractivity contribution < 1.29 is 13.3 Å². The van der Waals surface area contributed by atoms with Crippen molar-refractivity contribution >= 4 is 19.8 Å². The molecule has 0 spiro atoms. The van der Waals surface area contributed by atoms with E-state index in [0.29, 0.717) is 26.4 Å². The van der Waals surface area contributed by atoms with Gasteiger partial charge < -0.3 is 24.7 Å². The molecule has 0 saturated carbocycles. The van der Waals surface area contributed by atoms with Gasteiger partial charge in [-0.1, -0.05) is 0 Å². The Hall–Kier alpha value is 0.234. The zero-order valence-electron chi connectivity index (χ0n) is 12.1. The van der Waals surface area contributed by atoms with Crippen LogP contribution in [0.25, 0.3) is 0 Å². The lowest BCUT2D eigenvalue weighted by molar-refractivity contribution is 0.0702. The molecule has 0 heterocycles. The normalized spacial score (nSPS) is 13.1. The van der Waals surface area contributed by atoms with Crippen LogP contribution in [-0.4, -0.2) is 52.2 Å². The molecule has 0 aromatic carbocycles. The molecule has 0 aromatic heterocycles. The number of nitrogens with two attached hydrogens (primary N) is 2. The first kappa shape index (κ1) is 21.5. The summed E-state index contributed by atoms with van der Waals surface area (Å²) in [5.41, 5.74) is 11.5. The third-order valence-corrected chi connectivity index (χ3v) is 5.78. The van der Waals surface area contributed by atoms with Crippen LogP contribution in [-0.2, 0) is 13.3 Å². The first-order valence-corrected chi connectivity index (χ1v) is 8.94. The predicted octanol–water partition coefficient (Wildman–Crippen LogP) is 0.0395. The topological polar surface area (TPSA) is 79.7 Å². The van der Waals surface area contributed by atoms with Crippen molar-refractivity contribution in [2.45, 2.75) is 52.1 Å². The van der Waals surface area contributed by atoms with Crippen molar-refractivity contribution in [2.75, 3.05) is 26.4 Å². The Kier molecular flexibility index (Phi) is 15.0. The minimum atomic E-state index is -2.51. The molecule has 0 aliphatic carbocycles. The summed E-state index contributed by atoms with van der Waals surface area (Å²) in [6.07, 6.45) is 2.78. The monoisotopic (exact) mass is 310 g/mol. The maximum Gasteiger partial charge on any atom is 0.500 e. The average molecular weight is 311 g/mol. The Labute approximate surface area is 123 Å². The second-order valence-corrected chi connectivity index (χ2v) is 6.94. The molecule has 1 unspecified atom stereocenters. The maximum atomic E-state index is 6.06. The Balaban J connectivity index is 0. The Morgan fingerprint density at radius 2 is 1.42 bits per heavy atom. The molecule has 0 aliphatic heterocycles. The Morgan fingerprint density at radius 1 is 0.947 bits per heavy atom. The molecule has 0 radical (unpaired) electrons. The van der Waals surface area contributed by atoms with E-state index in [9.17, 15) is 0 Å². The van der Waals surface area contributed by atoms with Crippen LogP contribution in [0.5, 0.6) is 0 Å². The summed E-state index contributed by atoms with van der Waals surface area (Å²) >= 11 is 0. The van der Waals surface area contributed by atoms with E-state index in [2.05, 4.69) is 0 Å². The van der Waals surface area contributed by atoms with Crippen LogP contribution < -0.4 is 11.5 Å². The molecule has 7 heteroatoms. The molecule has 5 nitrogen and oxygen atoms in total. The Morgan fingerprint density at radius 3 is 1.79 bits per heavy atom. The van der Waals surface area contributed by atoms with Crippen molar-refractivity contribution in [3.8, 4) is 0 Å². The summed E-state index contributed by atoms with van der Waals surface area (Å²) in [4.78, 5) is 0. The van der Waals surface area contributed by atoms with Crippen LogP contribution in [0.15, 0.2) is 0 Å². The van der Waals surface area contributed by atoms with Gasteiger partial charge in [-0.2, -0.15) is 0 Å². The summed E-state index contributed by atoms with van der Waals surface area (Å²) in [7, 11) is -2.51. The highest BCUT2D eigenvalue weighted by atomic mass is 28.4. The van der Waals surface area contributed by atoms with Crippen LogP contribution in [0.4, 0.5) is 0 Å². The molecule has 4 N–H and O–H groups in total. The van der Waals surface area contributed by atoms with Gasteiger partial charge in [-0.15, -0.1) is 0 Å². The number of hydrogen-bond acceptors (Lipinski definition) is 5. The highest BCUT2D eigenvalue weighted by Gasteiger charge is 2.40. The minimum absolute atomic E-state index is 0. The summed E-state index contributed by atoms with van der Waals surface area (Å²) in [5.74, 6) is 0. The fourth-order valence-electron chi connectivity index (χ4n) is 1.89. The third kappa shape index (κ3) is 9.72. The molecule has 0 aliphatic rings. The van der Waals surface area contributed by atoms with Gasteiger partial charge in [0.05, 0.1) is 0 Å². The van der Waals surface area contributed by atoms with Crippen molar-refractivity contribution in [1.82, 2.24) is 0 Å². The van der Waals surface area contributed by atoms with Gasteiger partial charge in [0.1, 0.15) is 0 Å². The van der Waals surface area contributed by atoms with E-state index in [0.717, 1.165) is 25.3 Å². The van der Waals surface area contributed by atoms with Crippen LogP contribution in [0.2, 0.25) is 6.04 Å². The molecule has 0 bridgehead atoms. The van der Waals surface area contributed by atoms with Gasteiger partial charge in [0.2, 0.25) is 0 Å². The van der Waals surface area contributed by atoms with Crippen molar-refractivity contribution in [1.29, 1.82) is 0 Å². The smallest absolute Gasteiger partial charge is 0.374 e. The van der Waals surface area contributed by atoms with Crippen molar-refractivity contribution in [3.05, 3.63) is 0 Å². The van der Waals surface area contributed by atoms with E-state index in [1.54, 1.807) is 0 Å². The second-order valence-electron chi connectivity index (χ2n) is 4.21. The van der Waals surface area contributed by atoms with Crippen LogP contribution in [0.1, 0.15) is 40.0 Å². The van der Waals surface area contributed by atoms with Gasteiger partial charge in [-0.05, 0) is 57.5 Å². The van der Waals surface area contributed by atoms with E-state index in [-0.39, 0.29) is 17.0 Å². The van der Waals surface area contributed by atoms with Crippen molar-refractivity contribution in [2.24, 2.45) is 11.5 Å². The van der Waals surface area contributed by atoms with Gasteiger partial charge in [-0.25, -0.2) is 0 Å². The second kappa shape index (κ2) is 13.2. The third-order valence-electron chi connectivity index (χ3n) is 2.69. The lowest BCUT2D eigenvalue weighted by Gasteiger charge is -2.29. The van der Waals surface area contributed by atoms with Gasteiger partial charge in [0, 0.05) is 31.9 Å². The summed E-state index contributed by atoms with van der Waals surface area (Å²) in [6.45, 7) is 8.44. The van der Waals surface area contributed by atoms with Crippen LogP contribution >= 0.6 is 0 Å². The fourth-order valence-corrected chi connectivity index (χ4v) is 4.61. The highest BCUT2D eigenvalue weighted by molar-refractivity contribution is 6.60. The quantitative estimate of drug-likeness (QED) is 0.498. The van der Waals surface area contributed by atoms with Crippen LogP contribution in [0, 0.1) is 0 Å². The molecule has 0 rings (SSSR count). The largest absolute Gasteiger partial charge is 0.500 e. The molecule has 1 atom stereocenters. The van der Waals surface area contributed by atoms with Crippen LogP contribution in [0.3, 0.4) is 0 Å². The van der Waals surface area contributed by atoms with Gasteiger partial charge >= 0.3 is 8.80 Å². The lowest BCUT2D eigenvalue weighted by Crippen LogP contribution is -2.47. The maximum absolute atomic E-state index is 6.06. The number of hydrogen-bond donors (Lipinski definition) is 2. The molecule has 0 saturated heterocycles. The SMILES string of the molecule is CCO[Si](CCC(N)CCCN)(OCC)OCC.[SiH4].